The van der Waals surface area contributed by atoms with Crippen molar-refractivity contribution >= 4 is 11.3 Å². The van der Waals surface area contributed by atoms with Gasteiger partial charge in [-0.15, -0.1) is 0 Å². The van der Waals surface area contributed by atoms with Crippen LogP contribution in [0.3, 0.4) is 0 Å². The first-order chi connectivity index (χ1) is 14.7. The Hall–Kier alpha value is -3.45. The standard InChI is InChI=1S/C23H24N6O/c1-27-9-11-28(12-10-27)19-6-3-17(4-7-19)20-16-29-21(14-25-22(29)15-24-20)18-5-8-23(30-2)26-13-18/h3-8,13-16H,9-12H2,1-2H3. The summed E-state index contributed by atoms with van der Waals surface area (Å²) >= 11 is 0. The van der Waals surface area contributed by atoms with E-state index in [2.05, 4.69) is 60.5 Å². The molecule has 0 spiro atoms. The smallest absolute Gasteiger partial charge is 0.212 e. The summed E-state index contributed by atoms with van der Waals surface area (Å²) in [4.78, 5) is 18.2. The molecule has 1 saturated heterocycles. The van der Waals surface area contributed by atoms with Gasteiger partial charge in [-0.2, -0.15) is 0 Å². The van der Waals surface area contributed by atoms with Gasteiger partial charge in [0.1, 0.15) is 0 Å². The zero-order valence-electron chi connectivity index (χ0n) is 17.2. The molecule has 152 valence electrons. The highest BCUT2D eigenvalue weighted by Gasteiger charge is 2.14. The van der Waals surface area contributed by atoms with Crippen LogP contribution in [0.1, 0.15) is 0 Å². The summed E-state index contributed by atoms with van der Waals surface area (Å²) in [5.74, 6) is 0.593. The van der Waals surface area contributed by atoms with Crippen LogP contribution < -0.4 is 9.64 Å². The minimum absolute atomic E-state index is 0.593. The number of anilines is 1. The average molecular weight is 400 g/mol. The topological polar surface area (TPSA) is 58.8 Å². The van der Waals surface area contributed by atoms with E-state index >= 15 is 0 Å². The Morgan fingerprint density at radius 2 is 1.57 bits per heavy atom. The number of rotatable bonds is 4. The highest BCUT2D eigenvalue weighted by atomic mass is 16.5. The van der Waals surface area contributed by atoms with Crippen LogP contribution in [0.25, 0.3) is 28.2 Å². The van der Waals surface area contributed by atoms with Crippen LogP contribution >= 0.6 is 0 Å². The molecule has 0 atom stereocenters. The molecular weight excluding hydrogens is 376 g/mol. The number of ether oxygens (including phenoxy) is 1. The second kappa shape index (κ2) is 7.76. The molecule has 0 amide bonds. The van der Waals surface area contributed by atoms with Crippen LogP contribution in [0.4, 0.5) is 5.69 Å². The molecule has 0 radical (unpaired) electrons. The zero-order chi connectivity index (χ0) is 20.5. The van der Waals surface area contributed by atoms with Crippen molar-refractivity contribution in [3.8, 4) is 28.4 Å². The third-order valence-electron chi connectivity index (χ3n) is 5.67. The number of aromatic nitrogens is 4. The number of imidazole rings is 1. The maximum Gasteiger partial charge on any atom is 0.212 e. The van der Waals surface area contributed by atoms with Crippen molar-refractivity contribution in [1.82, 2.24) is 24.3 Å². The number of hydrogen-bond donors (Lipinski definition) is 0. The Kier molecular flexibility index (Phi) is 4.80. The molecule has 0 unspecified atom stereocenters. The zero-order valence-corrected chi connectivity index (χ0v) is 17.2. The fraction of sp³-hybridized carbons (Fsp3) is 0.261. The minimum atomic E-state index is 0.593. The molecule has 7 heteroatoms. The monoisotopic (exact) mass is 400 g/mol. The first-order valence-electron chi connectivity index (χ1n) is 10.1. The number of piperazine rings is 1. The van der Waals surface area contributed by atoms with E-state index in [0.29, 0.717) is 5.88 Å². The van der Waals surface area contributed by atoms with E-state index in [4.69, 9.17) is 4.74 Å². The number of nitrogens with zero attached hydrogens (tertiary/aromatic N) is 6. The lowest BCUT2D eigenvalue weighted by Crippen LogP contribution is -2.44. The fourth-order valence-electron chi connectivity index (χ4n) is 3.81. The largest absolute Gasteiger partial charge is 0.481 e. The van der Waals surface area contributed by atoms with Gasteiger partial charge in [0.25, 0.3) is 0 Å². The number of benzene rings is 1. The molecule has 0 saturated carbocycles. The Morgan fingerprint density at radius 3 is 2.27 bits per heavy atom. The lowest BCUT2D eigenvalue weighted by molar-refractivity contribution is 0.313. The number of pyridine rings is 1. The molecule has 1 aromatic carbocycles. The number of hydrogen-bond acceptors (Lipinski definition) is 6. The molecule has 0 bridgehead atoms. The lowest BCUT2D eigenvalue weighted by atomic mass is 10.1. The first kappa shape index (κ1) is 18.6. The van der Waals surface area contributed by atoms with Gasteiger partial charge >= 0.3 is 0 Å². The first-order valence-corrected chi connectivity index (χ1v) is 10.1. The lowest BCUT2D eigenvalue weighted by Gasteiger charge is -2.34. The SMILES string of the molecule is COc1ccc(-c2cnc3cnc(-c4ccc(N5CCN(C)CC5)cc4)cn23)cn1. The van der Waals surface area contributed by atoms with Crippen LogP contribution in [0, 0.1) is 0 Å². The molecule has 1 fully saturated rings. The summed E-state index contributed by atoms with van der Waals surface area (Å²) in [6.45, 7) is 4.33. The molecule has 0 aliphatic carbocycles. The normalized spacial score (nSPS) is 14.9. The van der Waals surface area contributed by atoms with Gasteiger partial charge in [0.05, 0.1) is 30.9 Å². The van der Waals surface area contributed by atoms with Gasteiger partial charge in [-0.3, -0.25) is 9.38 Å². The quantitative estimate of drug-likeness (QED) is 0.524. The fourth-order valence-corrected chi connectivity index (χ4v) is 3.81. The highest BCUT2D eigenvalue weighted by molar-refractivity contribution is 5.67. The molecule has 1 aliphatic rings. The van der Waals surface area contributed by atoms with Crippen LogP contribution in [0.5, 0.6) is 5.88 Å². The molecule has 1 aliphatic heterocycles. The van der Waals surface area contributed by atoms with E-state index in [9.17, 15) is 0 Å². The Labute approximate surface area is 175 Å². The molecule has 4 heterocycles. The van der Waals surface area contributed by atoms with E-state index < -0.39 is 0 Å². The van der Waals surface area contributed by atoms with Crippen molar-refractivity contribution in [2.24, 2.45) is 0 Å². The summed E-state index contributed by atoms with van der Waals surface area (Å²) in [6, 6.07) is 12.5. The molecule has 3 aromatic heterocycles. The van der Waals surface area contributed by atoms with Crippen molar-refractivity contribution in [2.75, 3.05) is 45.2 Å². The molecular formula is C23H24N6O. The van der Waals surface area contributed by atoms with Gasteiger partial charge in [-0.1, -0.05) is 12.1 Å². The summed E-state index contributed by atoms with van der Waals surface area (Å²) < 4.78 is 7.22. The number of likely N-dealkylation sites (N-methyl/N-ethyl adjacent to an activating group) is 1. The van der Waals surface area contributed by atoms with E-state index in [1.165, 1.54) is 5.69 Å². The van der Waals surface area contributed by atoms with Gasteiger partial charge in [0.2, 0.25) is 5.88 Å². The average Bonchev–Trinajstić information content (AvgIpc) is 3.23. The Bertz CT molecular complexity index is 1140. The van der Waals surface area contributed by atoms with Crippen molar-refractivity contribution < 1.29 is 4.74 Å². The number of methoxy groups -OCH3 is 1. The minimum Gasteiger partial charge on any atom is -0.481 e. The van der Waals surface area contributed by atoms with Crippen LogP contribution in [-0.2, 0) is 0 Å². The van der Waals surface area contributed by atoms with Crippen molar-refractivity contribution in [3.05, 3.63) is 61.2 Å². The second-order valence-corrected chi connectivity index (χ2v) is 7.57. The third kappa shape index (κ3) is 3.48. The van der Waals surface area contributed by atoms with E-state index in [0.717, 1.165) is 54.3 Å². The Balaban J connectivity index is 1.44. The van der Waals surface area contributed by atoms with E-state index in [1.54, 1.807) is 13.3 Å². The summed E-state index contributed by atoms with van der Waals surface area (Å²) in [7, 11) is 3.79. The Morgan fingerprint density at radius 1 is 0.800 bits per heavy atom. The molecule has 4 aromatic rings. The second-order valence-electron chi connectivity index (χ2n) is 7.57. The van der Waals surface area contributed by atoms with Gasteiger partial charge < -0.3 is 14.5 Å². The van der Waals surface area contributed by atoms with E-state index in [-0.39, 0.29) is 0 Å². The third-order valence-corrected chi connectivity index (χ3v) is 5.67. The van der Waals surface area contributed by atoms with Crippen molar-refractivity contribution in [3.63, 3.8) is 0 Å². The van der Waals surface area contributed by atoms with Gasteiger partial charge in [0.15, 0.2) is 5.65 Å². The van der Waals surface area contributed by atoms with Crippen LogP contribution in [0.15, 0.2) is 61.2 Å². The summed E-state index contributed by atoms with van der Waals surface area (Å²) in [6.07, 6.45) is 7.49. The van der Waals surface area contributed by atoms with Gasteiger partial charge in [-0.25, -0.2) is 9.97 Å². The van der Waals surface area contributed by atoms with Crippen molar-refractivity contribution in [1.29, 1.82) is 0 Å². The predicted molar refractivity (Wildman–Crippen MR) is 118 cm³/mol. The summed E-state index contributed by atoms with van der Waals surface area (Å²) in [5.41, 5.74) is 6.01. The molecule has 0 N–H and O–H groups in total. The van der Waals surface area contributed by atoms with Crippen LogP contribution in [0.2, 0.25) is 0 Å². The summed E-state index contributed by atoms with van der Waals surface area (Å²) in [5, 5.41) is 0. The van der Waals surface area contributed by atoms with Gasteiger partial charge in [0, 0.05) is 61.5 Å². The van der Waals surface area contributed by atoms with Crippen molar-refractivity contribution in [2.45, 2.75) is 0 Å². The molecule has 5 rings (SSSR count). The maximum atomic E-state index is 5.16. The van der Waals surface area contributed by atoms with Crippen LogP contribution in [-0.4, -0.2) is 64.6 Å². The number of fused-ring (bicyclic) bond motifs is 1. The molecule has 30 heavy (non-hydrogen) atoms. The highest BCUT2D eigenvalue weighted by Crippen LogP contribution is 2.26. The van der Waals surface area contributed by atoms with E-state index in [1.807, 2.05) is 30.7 Å². The molecule has 7 nitrogen and oxygen atoms in total. The predicted octanol–water partition coefficient (Wildman–Crippen LogP) is 3.22. The maximum absolute atomic E-state index is 5.16. The van der Waals surface area contributed by atoms with Gasteiger partial charge in [-0.05, 0) is 25.2 Å².